The number of nitriles is 1. The van der Waals surface area contributed by atoms with E-state index in [1.165, 1.54) is 0 Å². The van der Waals surface area contributed by atoms with Crippen molar-refractivity contribution in [3.63, 3.8) is 0 Å². The van der Waals surface area contributed by atoms with Gasteiger partial charge in [-0.3, -0.25) is 0 Å². The van der Waals surface area contributed by atoms with E-state index in [4.69, 9.17) is 22.1 Å². The van der Waals surface area contributed by atoms with Crippen LogP contribution in [0.5, 0.6) is 5.75 Å². The molecule has 0 saturated carbocycles. The van der Waals surface area contributed by atoms with Crippen LogP contribution in [0.15, 0.2) is 30.3 Å². The minimum Gasteiger partial charge on any atom is -0.492 e. The van der Waals surface area contributed by atoms with E-state index in [2.05, 4.69) is 13.0 Å². The molecule has 1 heterocycles. The number of ether oxygens (including phenoxy) is 1. The number of benzene rings is 1. The van der Waals surface area contributed by atoms with E-state index in [9.17, 15) is 5.26 Å². The zero-order chi connectivity index (χ0) is 16.7. The normalized spacial score (nSPS) is 10.5. The van der Waals surface area contributed by atoms with E-state index < -0.39 is 0 Å². The van der Waals surface area contributed by atoms with Crippen molar-refractivity contribution < 1.29 is 4.74 Å². The third kappa shape index (κ3) is 4.67. The number of nitrogen functional groups attached to an aromatic ring is 1. The largest absolute Gasteiger partial charge is 0.492 e. The molecule has 0 aliphatic rings. The Morgan fingerprint density at radius 2 is 2.00 bits per heavy atom. The summed E-state index contributed by atoms with van der Waals surface area (Å²) in [5.74, 6) is 0.764. The average molecular weight is 332 g/mol. The Morgan fingerprint density at radius 3 is 2.65 bits per heavy atom. The molecule has 5 heteroatoms. The molecule has 2 aromatic rings. The summed E-state index contributed by atoms with van der Waals surface area (Å²) in [6.45, 7) is 3.25. The molecule has 23 heavy (non-hydrogen) atoms. The minimum atomic E-state index is 0.477. The van der Waals surface area contributed by atoms with Gasteiger partial charge in [0.05, 0.1) is 12.2 Å². The molecule has 0 bridgehead atoms. The molecule has 2 N–H and O–H groups in total. The Balaban J connectivity index is 2.02. The van der Waals surface area contributed by atoms with Crippen molar-refractivity contribution in [1.29, 1.82) is 5.26 Å². The lowest BCUT2D eigenvalue weighted by Crippen LogP contribution is -2.13. The van der Waals surface area contributed by atoms with Crippen molar-refractivity contribution in [3.05, 3.63) is 46.7 Å². The predicted molar refractivity (Wildman–Crippen MR) is 93.7 cm³/mol. The van der Waals surface area contributed by atoms with Crippen LogP contribution < -0.4 is 10.5 Å². The summed E-state index contributed by atoms with van der Waals surface area (Å²) in [4.78, 5) is 0. The van der Waals surface area contributed by atoms with Gasteiger partial charge in [0, 0.05) is 10.7 Å². The molecule has 122 valence electrons. The van der Waals surface area contributed by atoms with Crippen LogP contribution >= 0.6 is 11.6 Å². The van der Waals surface area contributed by atoms with Gasteiger partial charge in [0.1, 0.15) is 24.1 Å². The lowest BCUT2D eigenvalue weighted by atomic mass is 10.1. The molecule has 0 unspecified atom stereocenters. The highest BCUT2D eigenvalue weighted by atomic mass is 35.5. The van der Waals surface area contributed by atoms with Crippen LogP contribution in [-0.2, 0) is 13.0 Å². The lowest BCUT2D eigenvalue weighted by molar-refractivity contribution is 0.296. The van der Waals surface area contributed by atoms with Gasteiger partial charge in [-0.25, -0.2) is 0 Å². The summed E-state index contributed by atoms with van der Waals surface area (Å²) in [7, 11) is 0. The van der Waals surface area contributed by atoms with Crippen molar-refractivity contribution in [1.82, 2.24) is 4.57 Å². The highest BCUT2D eigenvalue weighted by Crippen LogP contribution is 2.21. The Bertz CT molecular complexity index is 671. The highest BCUT2D eigenvalue weighted by Gasteiger charge is 2.12. The van der Waals surface area contributed by atoms with E-state index in [0.717, 1.165) is 37.1 Å². The Hall–Kier alpha value is -2.12. The number of hydrogen-bond donors (Lipinski definition) is 1. The number of unbranched alkanes of at least 4 members (excludes halogenated alkanes) is 2. The Morgan fingerprint density at radius 1 is 1.26 bits per heavy atom. The van der Waals surface area contributed by atoms with E-state index in [1.54, 1.807) is 18.2 Å². The number of anilines is 1. The fourth-order valence-corrected chi connectivity index (χ4v) is 2.69. The highest BCUT2D eigenvalue weighted by molar-refractivity contribution is 6.30. The first-order chi connectivity index (χ1) is 11.2. The molecule has 1 aromatic heterocycles. The number of aromatic nitrogens is 1. The third-order valence-electron chi connectivity index (χ3n) is 3.77. The maximum atomic E-state index is 9.29. The molecule has 0 radical (unpaired) electrons. The van der Waals surface area contributed by atoms with Crippen molar-refractivity contribution >= 4 is 17.3 Å². The van der Waals surface area contributed by atoms with Gasteiger partial charge in [0.15, 0.2) is 0 Å². The summed E-state index contributed by atoms with van der Waals surface area (Å²) in [6.07, 6.45) is 4.29. The van der Waals surface area contributed by atoms with Crippen LogP contribution in [0.4, 0.5) is 5.69 Å². The number of nitrogens with zero attached hydrogens (tertiary/aromatic N) is 2. The second-order valence-electron chi connectivity index (χ2n) is 5.45. The maximum absolute atomic E-state index is 9.29. The monoisotopic (exact) mass is 331 g/mol. The first kappa shape index (κ1) is 17.2. The predicted octanol–water partition coefficient (Wildman–Crippen LogP) is 4.41. The van der Waals surface area contributed by atoms with Crippen LogP contribution in [0.3, 0.4) is 0 Å². The molecule has 0 aliphatic heterocycles. The summed E-state index contributed by atoms with van der Waals surface area (Å²) in [5.41, 5.74) is 8.40. The zero-order valence-corrected chi connectivity index (χ0v) is 14.1. The molecule has 0 atom stereocenters. The molecule has 0 aliphatic carbocycles. The fraction of sp³-hybridized carbons (Fsp3) is 0.389. The zero-order valence-electron chi connectivity index (χ0n) is 13.4. The van der Waals surface area contributed by atoms with Gasteiger partial charge in [-0.15, -0.1) is 0 Å². The topological polar surface area (TPSA) is 64.0 Å². The molecule has 0 amide bonds. The number of rotatable bonds is 8. The van der Waals surface area contributed by atoms with Gasteiger partial charge >= 0.3 is 0 Å². The standard InChI is InChI=1S/C18H22ClN3O/c1-2-3-4-5-18-17(21)12-15(13-20)22(18)10-11-23-16-8-6-14(19)7-9-16/h6-9,12H,2-5,10-11,21H2,1H3. The smallest absolute Gasteiger partial charge is 0.122 e. The molecular formula is C18H22ClN3O. The first-order valence-corrected chi connectivity index (χ1v) is 8.29. The second-order valence-corrected chi connectivity index (χ2v) is 5.89. The molecule has 0 saturated heterocycles. The molecule has 0 spiro atoms. The maximum Gasteiger partial charge on any atom is 0.122 e. The van der Waals surface area contributed by atoms with Crippen molar-refractivity contribution in [2.45, 2.75) is 39.2 Å². The number of halogens is 1. The minimum absolute atomic E-state index is 0.477. The van der Waals surface area contributed by atoms with Crippen LogP contribution in [-0.4, -0.2) is 11.2 Å². The summed E-state index contributed by atoms with van der Waals surface area (Å²) in [6, 6.07) is 11.2. The SMILES string of the molecule is CCCCCc1c(N)cc(C#N)n1CCOc1ccc(Cl)cc1. The van der Waals surface area contributed by atoms with Gasteiger partial charge in [-0.1, -0.05) is 31.4 Å². The van der Waals surface area contributed by atoms with E-state index in [0.29, 0.717) is 29.6 Å². The van der Waals surface area contributed by atoms with Crippen molar-refractivity contribution in [3.8, 4) is 11.8 Å². The van der Waals surface area contributed by atoms with Gasteiger partial charge in [0.25, 0.3) is 0 Å². The van der Waals surface area contributed by atoms with Crippen LogP contribution in [0.2, 0.25) is 5.02 Å². The molecule has 0 fully saturated rings. The fourth-order valence-electron chi connectivity index (χ4n) is 2.57. The van der Waals surface area contributed by atoms with E-state index in [-0.39, 0.29) is 0 Å². The summed E-state index contributed by atoms with van der Waals surface area (Å²) >= 11 is 5.86. The van der Waals surface area contributed by atoms with Gasteiger partial charge < -0.3 is 15.0 Å². The molecular weight excluding hydrogens is 310 g/mol. The van der Waals surface area contributed by atoms with Gasteiger partial charge in [0.2, 0.25) is 0 Å². The second kappa shape index (κ2) is 8.50. The quantitative estimate of drug-likeness (QED) is 0.729. The van der Waals surface area contributed by atoms with Gasteiger partial charge in [-0.05, 0) is 43.2 Å². The Labute approximate surface area is 142 Å². The van der Waals surface area contributed by atoms with Gasteiger partial charge in [-0.2, -0.15) is 5.26 Å². The lowest BCUT2D eigenvalue weighted by Gasteiger charge is -2.12. The third-order valence-corrected chi connectivity index (χ3v) is 4.02. The first-order valence-electron chi connectivity index (χ1n) is 7.92. The summed E-state index contributed by atoms with van der Waals surface area (Å²) in [5, 5.41) is 9.97. The Kier molecular flexibility index (Phi) is 6.37. The van der Waals surface area contributed by atoms with Crippen LogP contribution in [0, 0.1) is 11.3 Å². The number of hydrogen-bond acceptors (Lipinski definition) is 3. The molecule has 2 rings (SSSR count). The van der Waals surface area contributed by atoms with Crippen molar-refractivity contribution in [2.24, 2.45) is 0 Å². The van der Waals surface area contributed by atoms with E-state index in [1.807, 2.05) is 16.7 Å². The van der Waals surface area contributed by atoms with Crippen LogP contribution in [0.25, 0.3) is 0 Å². The van der Waals surface area contributed by atoms with Crippen molar-refractivity contribution in [2.75, 3.05) is 12.3 Å². The molecule has 1 aromatic carbocycles. The number of nitrogens with two attached hydrogens (primary N) is 1. The van der Waals surface area contributed by atoms with E-state index >= 15 is 0 Å². The summed E-state index contributed by atoms with van der Waals surface area (Å²) < 4.78 is 7.70. The average Bonchev–Trinajstić information content (AvgIpc) is 2.85. The van der Waals surface area contributed by atoms with Crippen LogP contribution in [0.1, 0.15) is 37.6 Å². The molecule has 4 nitrogen and oxygen atoms in total.